The highest BCUT2D eigenvalue weighted by atomic mass is 19.4. The lowest BCUT2D eigenvalue weighted by Gasteiger charge is -2.13. The molecule has 0 saturated heterocycles. The molecule has 186 valence electrons. The van der Waals surface area contributed by atoms with E-state index in [9.17, 15) is 18.0 Å². The van der Waals surface area contributed by atoms with Gasteiger partial charge in [0.1, 0.15) is 5.75 Å². The van der Waals surface area contributed by atoms with Crippen molar-refractivity contribution in [3.8, 4) is 28.8 Å². The molecule has 0 fully saturated rings. The fraction of sp³-hybridized carbons (Fsp3) is 0.192. The standard InChI is InChI=1S/C26H23F3N4O3/c1-4-36-25-31-23(17-7-5-16(2)6-8-17)33(32-25)20-12-10-19(11-13-20)30-24(34)18-9-14-22(35-3)21(15-18)26(27,28)29/h5-15H,4H2,1-3H3,(H,30,34). The molecule has 4 aromatic rings. The van der Waals surface area contributed by atoms with Crippen LogP contribution in [-0.4, -0.2) is 34.4 Å². The first-order chi connectivity index (χ1) is 17.2. The van der Waals surface area contributed by atoms with Crippen LogP contribution in [0.5, 0.6) is 11.8 Å². The second-order valence-electron chi connectivity index (χ2n) is 7.84. The summed E-state index contributed by atoms with van der Waals surface area (Å²) in [5.74, 6) is -0.462. The van der Waals surface area contributed by atoms with Gasteiger partial charge in [-0.25, -0.2) is 4.68 Å². The number of methoxy groups -OCH3 is 1. The number of carbonyl (C=O) groups excluding carboxylic acids is 1. The summed E-state index contributed by atoms with van der Waals surface area (Å²) < 4.78 is 51.8. The number of aryl methyl sites for hydroxylation is 1. The molecule has 0 saturated carbocycles. The van der Waals surface area contributed by atoms with E-state index in [1.54, 1.807) is 28.9 Å². The molecule has 0 spiro atoms. The van der Waals surface area contributed by atoms with E-state index in [2.05, 4.69) is 15.4 Å². The van der Waals surface area contributed by atoms with E-state index < -0.39 is 17.6 Å². The molecule has 7 nitrogen and oxygen atoms in total. The predicted molar refractivity (Wildman–Crippen MR) is 129 cm³/mol. The van der Waals surface area contributed by atoms with Gasteiger partial charge < -0.3 is 14.8 Å². The van der Waals surface area contributed by atoms with Crippen molar-refractivity contribution in [3.05, 3.63) is 83.4 Å². The van der Waals surface area contributed by atoms with Crippen molar-refractivity contribution in [3.63, 3.8) is 0 Å². The van der Waals surface area contributed by atoms with Crippen molar-refractivity contribution in [2.75, 3.05) is 19.0 Å². The van der Waals surface area contributed by atoms with Crippen LogP contribution in [-0.2, 0) is 6.18 Å². The molecule has 0 aliphatic rings. The maximum atomic E-state index is 13.3. The maximum absolute atomic E-state index is 13.3. The average molecular weight is 496 g/mol. The number of hydrogen-bond acceptors (Lipinski definition) is 5. The van der Waals surface area contributed by atoms with Gasteiger partial charge in [-0.05, 0) is 56.3 Å². The van der Waals surface area contributed by atoms with Crippen LogP contribution in [0.25, 0.3) is 17.1 Å². The third-order valence-corrected chi connectivity index (χ3v) is 5.31. The number of nitrogens with one attached hydrogen (secondary N) is 1. The largest absolute Gasteiger partial charge is 0.496 e. The van der Waals surface area contributed by atoms with Gasteiger partial charge in [0.2, 0.25) is 0 Å². The molecule has 0 bridgehead atoms. The molecule has 0 atom stereocenters. The van der Waals surface area contributed by atoms with Gasteiger partial charge in [0.25, 0.3) is 5.91 Å². The number of alkyl halides is 3. The van der Waals surface area contributed by atoms with Gasteiger partial charge in [0, 0.05) is 16.8 Å². The number of aromatic nitrogens is 3. The van der Waals surface area contributed by atoms with Gasteiger partial charge in [-0.1, -0.05) is 29.8 Å². The van der Waals surface area contributed by atoms with Crippen molar-refractivity contribution in [1.82, 2.24) is 14.8 Å². The molecule has 0 aliphatic carbocycles. The summed E-state index contributed by atoms with van der Waals surface area (Å²) in [4.78, 5) is 17.1. The molecular weight excluding hydrogens is 473 g/mol. The lowest BCUT2D eigenvalue weighted by molar-refractivity contribution is -0.138. The minimum Gasteiger partial charge on any atom is -0.496 e. The Balaban J connectivity index is 1.59. The monoisotopic (exact) mass is 496 g/mol. The molecule has 0 aliphatic heterocycles. The summed E-state index contributed by atoms with van der Waals surface area (Å²) in [7, 11) is 1.14. The Morgan fingerprint density at radius 3 is 2.33 bits per heavy atom. The van der Waals surface area contributed by atoms with Gasteiger partial charge >= 0.3 is 12.2 Å². The van der Waals surface area contributed by atoms with Gasteiger partial charge in [-0.15, -0.1) is 5.10 Å². The Morgan fingerprint density at radius 2 is 1.72 bits per heavy atom. The van der Waals surface area contributed by atoms with Crippen LogP contribution in [0.3, 0.4) is 0 Å². The summed E-state index contributed by atoms with van der Waals surface area (Å²) >= 11 is 0. The Kier molecular flexibility index (Phi) is 6.96. The summed E-state index contributed by atoms with van der Waals surface area (Å²) in [6.45, 7) is 4.23. The minimum atomic E-state index is -4.66. The highest BCUT2D eigenvalue weighted by Gasteiger charge is 2.35. The Bertz CT molecular complexity index is 1360. The maximum Gasteiger partial charge on any atom is 0.419 e. The number of amides is 1. The van der Waals surface area contributed by atoms with Crippen LogP contribution in [0.15, 0.2) is 66.7 Å². The molecule has 1 heterocycles. The summed E-state index contributed by atoms with van der Waals surface area (Å²) in [5.41, 5.74) is 1.84. The van der Waals surface area contributed by atoms with Crippen LogP contribution >= 0.6 is 0 Å². The lowest BCUT2D eigenvalue weighted by atomic mass is 10.1. The van der Waals surface area contributed by atoms with E-state index >= 15 is 0 Å². The van der Waals surface area contributed by atoms with Crippen molar-refractivity contribution in [1.29, 1.82) is 0 Å². The van der Waals surface area contributed by atoms with Crippen molar-refractivity contribution < 1.29 is 27.4 Å². The highest BCUT2D eigenvalue weighted by Crippen LogP contribution is 2.36. The first-order valence-electron chi connectivity index (χ1n) is 11.0. The number of rotatable bonds is 7. The molecule has 0 unspecified atom stereocenters. The van der Waals surface area contributed by atoms with Crippen LogP contribution in [0.1, 0.15) is 28.4 Å². The Labute approximate surface area is 205 Å². The SMILES string of the molecule is CCOc1nc(-c2ccc(C)cc2)n(-c2ccc(NC(=O)c3ccc(OC)c(C(F)(F)F)c3)cc2)n1. The number of benzene rings is 3. The predicted octanol–water partition coefficient (Wildman–Crippen LogP) is 5.92. The normalized spacial score (nSPS) is 11.3. The number of hydrogen-bond donors (Lipinski definition) is 1. The number of anilines is 1. The highest BCUT2D eigenvalue weighted by molar-refractivity contribution is 6.04. The number of halogens is 3. The van der Waals surface area contributed by atoms with E-state index in [1.165, 1.54) is 6.07 Å². The van der Waals surface area contributed by atoms with Gasteiger partial charge in [0.15, 0.2) is 5.82 Å². The van der Waals surface area contributed by atoms with E-state index in [0.717, 1.165) is 30.4 Å². The van der Waals surface area contributed by atoms with Crippen molar-refractivity contribution in [2.24, 2.45) is 0 Å². The number of nitrogens with zero attached hydrogens (tertiary/aromatic N) is 3. The van der Waals surface area contributed by atoms with E-state index in [-0.39, 0.29) is 17.3 Å². The zero-order valence-corrected chi connectivity index (χ0v) is 19.8. The number of carbonyl (C=O) groups is 1. The quantitative estimate of drug-likeness (QED) is 0.344. The fourth-order valence-corrected chi connectivity index (χ4v) is 3.51. The minimum absolute atomic E-state index is 0.147. The van der Waals surface area contributed by atoms with Crippen molar-refractivity contribution >= 4 is 11.6 Å². The van der Waals surface area contributed by atoms with Gasteiger partial charge in [-0.3, -0.25) is 4.79 Å². The van der Waals surface area contributed by atoms with Crippen LogP contribution in [0.2, 0.25) is 0 Å². The second-order valence-corrected chi connectivity index (χ2v) is 7.84. The smallest absolute Gasteiger partial charge is 0.419 e. The summed E-state index contributed by atoms with van der Waals surface area (Å²) in [6, 6.07) is 17.9. The molecule has 4 rings (SSSR count). The van der Waals surface area contributed by atoms with Crippen LogP contribution in [0, 0.1) is 6.92 Å². The molecular formula is C26H23F3N4O3. The first-order valence-corrected chi connectivity index (χ1v) is 11.0. The molecule has 1 N–H and O–H groups in total. The number of ether oxygens (including phenoxy) is 2. The molecule has 36 heavy (non-hydrogen) atoms. The molecule has 3 aromatic carbocycles. The summed E-state index contributed by atoms with van der Waals surface area (Å²) in [5, 5.41) is 7.05. The molecule has 0 radical (unpaired) electrons. The summed E-state index contributed by atoms with van der Waals surface area (Å²) in [6.07, 6.45) is -4.66. The third kappa shape index (κ3) is 5.32. The first kappa shape index (κ1) is 24.8. The van der Waals surface area contributed by atoms with E-state index in [4.69, 9.17) is 9.47 Å². The van der Waals surface area contributed by atoms with Gasteiger partial charge in [-0.2, -0.15) is 18.2 Å². The van der Waals surface area contributed by atoms with Crippen LogP contribution < -0.4 is 14.8 Å². The van der Waals surface area contributed by atoms with Crippen molar-refractivity contribution in [2.45, 2.75) is 20.0 Å². The fourth-order valence-electron chi connectivity index (χ4n) is 3.51. The average Bonchev–Trinajstić information content (AvgIpc) is 3.28. The Hall–Kier alpha value is -4.34. The topological polar surface area (TPSA) is 78.3 Å². The van der Waals surface area contributed by atoms with Gasteiger partial charge in [0.05, 0.1) is 25.0 Å². The molecule has 1 aromatic heterocycles. The molecule has 10 heteroatoms. The zero-order valence-electron chi connectivity index (χ0n) is 19.8. The van der Waals surface area contributed by atoms with Crippen LogP contribution in [0.4, 0.5) is 18.9 Å². The molecule has 1 amide bonds. The lowest BCUT2D eigenvalue weighted by Crippen LogP contribution is -2.15. The van der Waals surface area contributed by atoms with E-state index in [0.29, 0.717) is 23.8 Å². The Morgan fingerprint density at radius 1 is 1.03 bits per heavy atom. The van der Waals surface area contributed by atoms with E-state index in [1.807, 2.05) is 38.1 Å². The zero-order chi connectivity index (χ0) is 25.9. The third-order valence-electron chi connectivity index (χ3n) is 5.31. The second kappa shape index (κ2) is 10.1.